The van der Waals surface area contributed by atoms with Crippen molar-refractivity contribution < 1.29 is 95.8 Å². The molecule has 0 atom stereocenters. The third kappa shape index (κ3) is 39.1. The number of ether oxygens (including phenoxy) is 7. The van der Waals surface area contributed by atoms with Gasteiger partial charge in [-0.2, -0.15) is 0 Å². The van der Waals surface area contributed by atoms with Crippen LogP contribution >= 0.6 is 60.6 Å². The van der Waals surface area contributed by atoms with Gasteiger partial charge in [0.2, 0.25) is 35.1 Å². The molecule has 0 bridgehead atoms. The second kappa shape index (κ2) is 59.0. The standard InChI is InChI=1S/C12H11NO2S.C12H13NOS.C10H11N3O3.C10H11NO5.C10H11NO4.C10H12O3.C10H12O2.C8H13NOS.C7H11NOS2.2C2H6/c1-7(2)10(14)13-11(15)8-5-3-4-6-9(8)12(13)16;1-8(2)12(14)13-10-6-4-3-5-9(10)7-11(13)15;1-7(2)15-10(14)16-13-9-6-4-3-5-8(9)11-12-13;1-7(2)15-10(12)16-9-6-4-3-5-8(9)11(13)14;1-7(2)10(12)15-9-6-4-3-5-8(9)11(13)14;1-8(2)12-10(11)13-9-6-4-3-5-7-9;1-8(2)10(11)12-9-6-4-3-5-7-9;1-6(2)8(10)9-5-3-4-7(9)11;1-5(2)6(9)8-3-4-11-7(8)10;2*1-2/h3-7H,1-2H3;3-6,8H,7H2,1-2H3;2*3-7H,1-2H3;3-7H,1-2H3;3-8H,1-2H3;3-8H,1-2H3;6H,3-5H2,1-2H3;5H,3-4H2,1-2H3;2*1-2H3. The Morgan fingerprint density at radius 2 is 0.837 bits per heavy atom. The summed E-state index contributed by atoms with van der Waals surface area (Å²) in [6.07, 6.45) is -0.486. The summed E-state index contributed by atoms with van der Waals surface area (Å²) in [6.45, 7) is 41.8. The van der Waals surface area contributed by atoms with E-state index in [2.05, 4.69) is 10.3 Å². The van der Waals surface area contributed by atoms with Gasteiger partial charge < -0.3 is 38.1 Å². The topological polar surface area (TPSA) is 374 Å². The molecule has 696 valence electrons. The number of carbonyl (C=O) groups is 10. The fraction of sp³-hybridized carbons (Fsp3) is 0.398. The Hall–Kier alpha value is -12.3. The summed E-state index contributed by atoms with van der Waals surface area (Å²) in [6, 6.07) is 51.4. The zero-order valence-corrected chi connectivity index (χ0v) is 80.9. The van der Waals surface area contributed by atoms with E-state index in [9.17, 15) is 68.2 Å². The third-order valence-corrected chi connectivity index (χ3v) is 18.8. The van der Waals surface area contributed by atoms with E-state index in [1.165, 1.54) is 42.5 Å². The maximum atomic E-state index is 12.0. The van der Waals surface area contributed by atoms with Gasteiger partial charge in [0.25, 0.3) is 5.91 Å². The monoisotopic (exact) mass is 1870 g/mol. The van der Waals surface area contributed by atoms with Gasteiger partial charge >= 0.3 is 41.8 Å². The average molecular weight is 1870 g/mol. The van der Waals surface area contributed by atoms with Gasteiger partial charge in [0.1, 0.15) is 31.8 Å². The summed E-state index contributed by atoms with van der Waals surface area (Å²) in [7, 11) is 0. The van der Waals surface area contributed by atoms with E-state index in [0.29, 0.717) is 45.1 Å². The van der Waals surface area contributed by atoms with Gasteiger partial charge in [0.15, 0.2) is 0 Å². The number of benzene rings is 7. The van der Waals surface area contributed by atoms with Crippen molar-refractivity contribution in [3.05, 3.63) is 219 Å². The second-order valence-corrected chi connectivity index (χ2v) is 32.7. The number of amides is 5. The molecule has 36 heteroatoms. The number of thioether (sulfide) groups is 1. The van der Waals surface area contributed by atoms with Crippen LogP contribution in [0.4, 0.5) is 31.4 Å². The van der Waals surface area contributed by atoms with Crippen LogP contribution in [-0.4, -0.2) is 156 Å². The first kappa shape index (κ1) is 113. The molecule has 0 N–H and O–H groups in total. The predicted molar refractivity (Wildman–Crippen MR) is 512 cm³/mol. The van der Waals surface area contributed by atoms with Gasteiger partial charge in [0, 0.05) is 73.1 Å². The number of nitrogens with zero attached hydrogens (tertiary/aromatic N) is 9. The molecule has 0 saturated carbocycles. The molecular formula is C93H117N9O22S5. The molecule has 129 heavy (non-hydrogen) atoms. The van der Waals surface area contributed by atoms with Crippen molar-refractivity contribution in [3.8, 4) is 23.0 Å². The fourth-order valence-electron chi connectivity index (χ4n) is 10.1. The summed E-state index contributed by atoms with van der Waals surface area (Å²) in [4.78, 5) is 148. The van der Waals surface area contributed by atoms with E-state index >= 15 is 0 Å². The van der Waals surface area contributed by atoms with Crippen LogP contribution in [0.5, 0.6) is 23.0 Å². The number of fused-ring (bicyclic) bond motifs is 3. The lowest BCUT2D eigenvalue weighted by molar-refractivity contribution is -0.385. The van der Waals surface area contributed by atoms with E-state index in [-0.39, 0.29) is 112 Å². The van der Waals surface area contributed by atoms with Crippen LogP contribution in [0.25, 0.3) is 11.0 Å². The van der Waals surface area contributed by atoms with Gasteiger partial charge in [-0.3, -0.25) is 68.4 Å². The minimum Gasteiger partial charge on any atom is -0.431 e. The zero-order valence-electron chi connectivity index (χ0n) is 76.8. The number of rotatable bonds is 16. The molecule has 0 unspecified atom stereocenters. The lowest BCUT2D eigenvalue weighted by Crippen LogP contribution is -2.38. The van der Waals surface area contributed by atoms with Crippen molar-refractivity contribution in [1.29, 1.82) is 0 Å². The van der Waals surface area contributed by atoms with Crippen LogP contribution in [0.2, 0.25) is 0 Å². The number of thiocarbonyl (C=S) groups is 4. The van der Waals surface area contributed by atoms with E-state index in [1.54, 1.807) is 175 Å². The van der Waals surface area contributed by atoms with Crippen LogP contribution in [0, 0.1) is 55.7 Å². The van der Waals surface area contributed by atoms with Gasteiger partial charge in [0.05, 0.1) is 61.2 Å². The lowest BCUT2D eigenvalue weighted by atomic mass is 10.1. The van der Waals surface area contributed by atoms with Crippen molar-refractivity contribution in [2.24, 2.45) is 35.5 Å². The number of nitro benzene ring substituents is 2. The summed E-state index contributed by atoms with van der Waals surface area (Å²) in [5.41, 5.74) is 4.09. The highest BCUT2D eigenvalue weighted by atomic mass is 32.2. The molecule has 12 rings (SSSR count). The Bertz CT molecular complexity index is 4990. The molecular weight excluding hydrogens is 1760 g/mol. The summed E-state index contributed by atoms with van der Waals surface area (Å²) < 4.78 is 34.6. The molecule has 4 aliphatic rings. The molecule has 0 aliphatic carbocycles. The van der Waals surface area contributed by atoms with Gasteiger partial charge in [-0.25, -0.2) is 19.3 Å². The Labute approximate surface area is 779 Å². The summed E-state index contributed by atoms with van der Waals surface area (Å²) in [5.74, 6) is 0.590. The van der Waals surface area contributed by atoms with Crippen molar-refractivity contribution in [1.82, 2.24) is 29.9 Å². The van der Waals surface area contributed by atoms with Gasteiger partial charge in [-0.1, -0.05) is 285 Å². The normalized spacial score (nSPS) is 12.3. The molecule has 8 aromatic rings. The number of esters is 2. The summed E-state index contributed by atoms with van der Waals surface area (Å²) in [5, 5.41) is 28.7. The van der Waals surface area contributed by atoms with Crippen molar-refractivity contribution in [3.63, 3.8) is 0 Å². The Balaban J connectivity index is 0.000000490. The first-order chi connectivity index (χ1) is 61.0. The number of para-hydroxylation sites is 8. The smallest absolute Gasteiger partial charge is 0.431 e. The lowest BCUT2D eigenvalue weighted by Gasteiger charge is -2.19. The maximum Gasteiger partial charge on any atom is 0.535 e. The molecule has 31 nitrogen and oxygen atoms in total. The van der Waals surface area contributed by atoms with Crippen molar-refractivity contribution >= 4 is 168 Å². The Morgan fingerprint density at radius 3 is 1.29 bits per heavy atom. The number of imide groups is 1. The number of anilines is 1. The Morgan fingerprint density at radius 1 is 0.426 bits per heavy atom. The molecule has 2 fully saturated rings. The number of carbonyl (C=O) groups excluding carboxylic acids is 10. The largest absolute Gasteiger partial charge is 0.535 e. The predicted octanol–water partition coefficient (Wildman–Crippen LogP) is 20.6. The third-order valence-electron chi connectivity index (χ3n) is 16.3. The van der Waals surface area contributed by atoms with Crippen LogP contribution in [0.3, 0.4) is 0 Å². The minimum atomic E-state index is -0.954. The van der Waals surface area contributed by atoms with Crippen LogP contribution in [0.15, 0.2) is 182 Å². The van der Waals surface area contributed by atoms with Crippen molar-refractivity contribution in [2.45, 2.75) is 190 Å². The molecule has 5 heterocycles. The molecule has 7 aromatic carbocycles. The highest BCUT2D eigenvalue weighted by Gasteiger charge is 2.38. The SMILES string of the molecule is CC.CC.CC(C)C(=O)N1C(=O)c2ccccc2C1=S.CC(C)C(=O)N1C(=S)Cc2ccccc21.CC(C)C(=O)N1CCCC1=S.CC(C)C(=O)N1CCSC1=S.CC(C)C(=O)Oc1ccccc1.CC(C)C(=O)Oc1ccccc1[N+](=O)[O-].CC(C)OC(=O)Oc1ccccc1.CC(C)OC(=O)Oc1ccccc1[N+](=O)[O-].CC(C)OC(=O)On1nnc2ccccc21. The van der Waals surface area contributed by atoms with Crippen LogP contribution in [0.1, 0.15) is 187 Å². The first-order valence-electron chi connectivity index (χ1n) is 41.7. The first-order valence-corrected chi connectivity index (χ1v) is 44.3. The van der Waals surface area contributed by atoms with E-state index < -0.39 is 34.3 Å². The number of likely N-dealkylation sites (tertiary alicyclic amines) is 1. The molecule has 4 aliphatic heterocycles. The average Bonchev–Trinajstić information content (AvgIpc) is 1.62. The molecule has 2 saturated heterocycles. The van der Waals surface area contributed by atoms with E-state index in [0.717, 1.165) is 67.0 Å². The molecule has 5 amide bonds. The zero-order chi connectivity index (χ0) is 97.5. The fourth-order valence-corrected chi connectivity index (χ4v) is 12.4. The molecule has 1 aromatic heterocycles. The molecule has 0 radical (unpaired) electrons. The highest BCUT2D eigenvalue weighted by molar-refractivity contribution is 8.23. The molecule has 0 spiro atoms. The number of aromatic nitrogens is 3. The van der Waals surface area contributed by atoms with Crippen molar-refractivity contribution in [2.75, 3.05) is 23.7 Å². The second-order valence-electron chi connectivity index (χ2n) is 29.6. The van der Waals surface area contributed by atoms with E-state index in [1.807, 2.05) is 144 Å². The number of hydrogen-bond donors (Lipinski definition) is 0. The number of nitro groups is 2. The van der Waals surface area contributed by atoms with Crippen LogP contribution in [-0.2, 0) is 49.4 Å². The highest BCUT2D eigenvalue weighted by Crippen LogP contribution is 2.32. The number of hydrogen-bond acceptors (Lipinski definition) is 29. The van der Waals surface area contributed by atoms with Crippen LogP contribution < -0.4 is 28.7 Å². The Kier molecular flexibility index (Phi) is 51.6. The quantitative estimate of drug-likeness (QED) is 0.0127. The van der Waals surface area contributed by atoms with E-state index in [4.69, 9.17) is 86.9 Å². The maximum absolute atomic E-state index is 12.0. The summed E-state index contributed by atoms with van der Waals surface area (Å²) >= 11 is 22.0. The van der Waals surface area contributed by atoms with Gasteiger partial charge in [-0.05, 0) is 119 Å². The minimum absolute atomic E-state index is 0.0128. The van der Waals surface area contributed by atoms with Gasteiger partial charge in [-0.15, -0.1) is 5.10 Å².